The molecule has 0 amide bonds. The number of nitrogens with one attached hydrogen (secondary N) is 1. The van der Waals surface area contributed by atoms with Gasteiger partial charge in [-0.1, -0.05) is 28.1 Å². The third-order valence-electron chi connectivity index (χ3n) is 4.11. The van der Waals surface area contributed by atoms with Gasteiger partial charge in [0.15, 0.2) is 0 Å². The summed E-state index contributed by atoms with van der Waals surface area (Å²) in [5, 5.41) is 4.60. The molecule has 1 aliphatic heterocycles. The van der Waals surface area contributed by atoms with Crippen LogP contribution < -0.4 is 5.32 Å². The van der Waals surface area contributed by atoms with E-state index in [0.29, 0.717) is 6.04 Å². The highest BCUT2D eigenvalue weighted by Crippen LogP contribution is 2.26. The Hall–Kier alpha value is -0.970. The van der Waals surface area contributed by atoms with E-state index < -0.39 is 0 Å². The smallest absolute Gasteiger partial charge is 0.0758 e. The van der Waals surface area contributed by atoms with Crippen LogP contribution in [0.4, 0.5) is 0 Å². The van der Waals surface area contributed by atoms with E-state index in [1.807, 2.05) is 12.3 Å². The van der Waals surface area contributed by atoms with Gasteiger partial charge in [-0.15, -0.1) is 0 Å². The Labute approximate surface area is 128 Å². The number of aromatic nitrogens is 1. The molecule has 1 aromatic carbocycles. The lowest BCUT2D eigenvalue weighted by atomic mass is 10.0. The number of fused-ring (bicyclic) bond motifs is 1. The molecule has 2 heterocycles. The molecule has 1 aliphatic rings. The van der Waals surface area contributed by atoms with Crippen molar-refractivity contribution in [2.45, 2.75) is 25.4 Å². The molecule has 3 rings (SSSR count). The monoisotopic (exact) mass is 333 g/mol. The Balaban J connectivity index is 1.86. The minimum atomic E-state index is 0.624. The summed E-state index contributed by atoms with van der Waals surface area (Å²) in [7, 11) is 2.06. The van der Waals surface area contributed by atoms with E-state index in [2.05, 4.69) is 56.4 Å². The third-order valence-corrected chi connectivity index (χ3v) is 4.80. The Morgan fingerprint density at radius 1 is 1.40 bits per heavy atom. The highest BCUT2D eigenvalue weighted by atomic mass is 79.9. The number of nitrogens with zero attached hydrogens (tertiary/aromatic N) is 2. The van der Waals surface area contributed by atoms with E-state index in [-0.39, 0.29) is 0 Å². The summed E-state index contributed by atoms with van der Waals surface area (Å²) in [5.41, 5.74) is 2.44. The summed E-state index contributed by atoms with van der Waals surface area (Å²) in [5.74, 6) is 0. The van der Waals surface area contributed by atoms with Crippen LogP contribution in [0.2, 0.25) is 0 Å². The van der Waals surface area contributed by atoms with Gasteiger partial charge in [-0.2, -0.15) is 0 Å². The van der Waals surface area contributed by atoms with Gasteiger partial charge in [0, 0.05) is 35.2 Å². The van der Waals surface area contributed by atoms with Gasteiger partial charge in [0.1, 0.15) is 0 Å². The second-order valence-corrected chi connectivity index (χ2v) is 6.32. The fourth-order valence-electron chi connectivity index (χ4n) is 3.00. The first-order valence-electron chi connectivity index (χ1n) is 7.19. The number of rotatable bonds is 3. The molecular formula is C16H20BrN3. The lowest BCUT2D eigenvalue weighted by molar-refractivity contribution is 0.188. The van der Waals surface area contributed by atoms with Gasteiger partial charge in [-0.3, -0.25) is 9.88 Å². The van der Waals surface area contributed by atoms with Crippen molar-refractivity contribution in [2.75, 3.05) is 20.1 Å². The molecule has 1 atom stereocenters. The summed E-state index contributed by atoms with van der Waals surface area (Å²) in [4.78, 5) is 7.10. The molecule has 2 aromatic rings. The quantitative estimate of drug-likeness (QED) is 0.934. The van der Waals surface area contributed by atoms with E-state index in [0.717, 1.165) is 23.1 Å². The summed E-state index contributed by atoms with van der Waals surface area (Å²) in [6, 6.07) is 9.08. The Bertz CT molecular complexity index is 599. The zero-order valence-electron chi connectivity index (χ0n) is 11.8. The molecule has 1 N–H and O–H groups in total. The number of likely N-dealkylation sites (tertiary alicyclic amines) is 1. The predicted octanol–water partition coefficient (Wildman–Crippen LogP) is 3.18. The van der Waals surface area contributed by atoms with Crippen molar-refractivity contribution in [1.82, 2.24) is 15.2 Å². The molecule has 4 heteroatoms. The largest absolute Gasteiger partial charge is 0.316 e. The summed E-state index contributed by atoms with van der Waals surface area (Å²) < 4.78 is 1.12. The van der Waals surface area contributed by atoms with Gasteiger partial charge < -0.3 is 5.32 Å². The molecule has 0 spiro atoms. The fourth-order valence-corrected chi connectivity index (χ4v) is 3.45. The molecule has 20 heavy (non-hydrogen) atoms. The van der Waals surface area contributed by atoms with Crippen LogP contribution in [0.1, 0.15) is 18.4 Å². The second kappa shape index (κ2) is 6.20. The Kier molecular flexibility index (Phi) is 4.34. The van der Waals surface area contributed by atoms with Crippen molar-refractivity contribution in [1.29, 1.82) is 0 Å². The molecule has 0 bridgehead atoms. The molecule has 1 unspecified atom stereocenters. The van der Waals surface area contributed by atoms with Crippen molar-refractivity contribution in [2.24, 2.45) is 0 Å². The minimum Gasteiger partial charge on any atom is -0.316 e. The SMILES string of the molecule is CNC1CCCN(Cc2ccc(Br)c3cccnc23)C1. The van der Waals surface area contributed by atoms with Crippen LogP contribution in [0, 0.1) is 0 Å². The van der Waals surface area contributed by atoms with Crippen LogP contribution in [0.25, 0.3) is 10.9 Å². The van der Waals surface area contributed by atoms with Crippen LogP contribution in [0.3, 0.4) is 0 Å². The number of piperidine rings is 1. The molecular weight excluding hydrogens is 314 g/mol. The van der Waals surface area contributed by atoms with Crippen LogP contribution in [0.5, 0.6) is 0 Å². The van der Waals surface area contributed by atoms with E-state index in [9.17, 15) is 0 Å². The maximum absolute atomic E-state index is 4.57. The first-order chi connectivity index (χ1) is 9.78. The minimum absolute atomic E-state index is 0.624. The normalized spacial score (nSPS) is 20.4. The molecule has 106 valence electrons. The Morgan fingerprint density at radius 3 is 3.15 bits per heavy atom. The van der Waals surface area contributed by atoms with Gasteiger partial charge >= 0.3 is 0 Å². The molecule has 1 saturated heterocycles. The second-order valence-electron chi connectivity index (χ2n) is 5.47. The summed E-state index contributed by atoms with van der Waals surface area (Å²) in [6.07, 6.45) is 4.44. The van der Waals surface area contributed by atoms with Gasteiger partial charge in [-0.25, -0.2) is 0 Å². The average molecular weight is 334 g/mol. The fraction of sp³-hybridized carbons (Fsp3) is 0.438. The maximum atomic E-state index is 4.57. The zero-order chi connectivity index (χ0) is 13.9. The first kappa shape index (κ1) is 14.0. The van der Waals surface area contributed by atoms with Gasteiger partial charge in [-0.05, 0) is 44.1 Å². The molecule has 1 fully saturated rings. The van der Waals surface area contributed by atoms with Crippen LogP contribution in [-0.4, -0.2) is 36.1 Å². The van der Waals surface area contributed by atoms with Gasteiger partial charge in [0.25, 0.3) is 0 Å². The molecule has 3 nitrogen and oxygen atoms in total. The standard InChI is InChI=1S/C16H20BrN3/c1-18-13-4-3-9-20(11-13)10-12-6-7-15(17)14-5-2-8-19-16(12)14/h2,5-8,13,18H,3-4,9-11H2,1H3. The zero-order valence-corrected chi connectivity index (χ0v) is 13.4. The number of benzene rings is 1. The number of halogens is 1. The van der Waals surface area contributed by atoms with Crippen LogP contribution >= 0.6 is 15.9 Å². The number of hydrogen-bond acceptors (Lipinski definition) is 3. The Morgan fingerprint density at radius 2 is 2.30 bits per heavy atom. The van der Waals surface area contributed by atoms with Gasteiger partial charge in [0.05, 0.1) is 5.52 Å². The molecule has 1 aromatic heterocycles. The molecule has 0 radical (unpaired) electrons. The maximum Gasteiger partial charge on any atom is 0.0758 e. The lowest BCUT2D eigenvalue weighted by Crippen LogP contribution is -2.43. The van der Waals surface area contributed by atoms with E-state index in [1.165, 1.54) is 30.3 Å². The van der Waals surface area contributed by atoms with Crippen LogP contribution in [-0.2, 0) is 6.54 Å². The number of likely N-dealkylation sites (N-methyl/N-ethyl adjacent to an activating group) is 1. The van der Waals surface area contributed by atoms with Crippen molar-refractivity contribution < 1.29 is 0 Å². The third kappa shape index (κ3) is 2.87. The highest BCUT2D eigenvalue weighted by molar-refractivity contribution is 9.10. The topological polar surface area (TPSA) is 28.2 Å². The highest BCUT2D eigenvalue weighted by Gasteiger charge is 2.19. The van der Waals surface area contributed by atoms with Crippen molar-refractivity contribution in [3.05, 3.63) is 40.5 Å². The van der Waals surface area contributed by atoms with Crippen molar-refractivity contribution in [3.63, 3.8) is 0 Å². The van der Waals surface area contributed by atoms with E-state index >= 15 is 0 Å². The number of hydrogen-bond donors (Lipinski definition) is 1. The number of pyridine rings is 1. The first-order valence-corrected chi connectivity index (χ1v) is 7.99. The molecule has 0 saturated carbocycles. The van der Waals surface area contributed by atoms with Crippen molar-refractivity contribution >= 4 is 26.8 Å². The van der Waals surface area contributed by atoms with Gasteiger partial charge in [0.2, 0.25) is 0 Å². The van der Waals surface area contributed by atoms with Crippen LogP contribution in [0.15, 0.2) is 34.9 Å². The summed E-state index contributed by atoms with van der Waals surface area (Å²) >= 11 is 3.61. The van der Waals surface area contributed by atoms with E-state index in [4.69, 9.17) is 0 Å². The lowest BCUT2D eigenvalue weighted by Gasteiger charge is -2.32. The predicted molar refractivity (Wildman–Crippen MR) is 86.8 cm³/mol. The summed E-state index contributed by atoms with van der Waals surface area (Å²) in [6.45, 7) is 3.29. The van der Waals surface area contributed by atoms with E-state index in [1.54, 1.807) is 0 Å². The average Bonchev–Trinajstić information content (AvgIpc) is 2.51. The van der Waals surface area contributed by atoms with Crippen molar-refractivity contribution in [3.8, 4) is 0 Å². The molecule has 0 aliphatic carbocycles.